The molecule has 6 nitrogen and oxygen atoms in total. The average molecular weight is 371 g/mol. The summed E-state index contributed by atoms with van der Waals surface area (Å²) in [5, 5.41) is 0. The highest BCUT2D eigenvalue weighted by atomic mass is 19.1. The molecule has 1 aromatic carbocycles. The van der Waals surface area contributed by atoms with E-state index in [9.17, 15) is 9.18 Å². The van der Waals surface area contributed by atoms with Gasteiger partial charge in [-0.3, -0.25) is 4.79 Å². The number of nitrogens with zero attached hydrogens (tertiary/aromatic N) is 3. The molecule has 2 aliphatic rings. The van der Waals surface area contributed by atoms with E-state index < -0.39 is 0 Å². The quantitative estimate of drug-likeness (QED) is 0.826. The fraction of sp³-hybridized carbons (Fsp3) is 0.400. The van der Waals surface area contributed by atoms with Crippen molar-refractivity contribution in [3.63, 3.8) is 0 Å². The molecular formula is C20H22FN3O3. The van der Waals surface area contributed by atoms with Gasteiger partial charge in [-0.05, 0) is 30.3 Å². The molecule has 1 atom stereocenters. The van der Waals surface area contributed by atoms with Crippen molar-refractivity contribution in [2.75, 3.05) is 44.3 Å². The number of rotatable bonds is 4. The summed E-state index contributed by atoms with van der Waals surface area (Å²) in [4.78, 5) is 21.0. The van der Waals surface area contributed by atoms with Gasteiger partial charge in [0.15, 0.2) is 0 Å². The first-order chi connectivity index (χ1) is 13.2. The van der Waals surface area contributed by atoms with Gasteiger partial charge in [0.1, 0.15) is 11.9 Å². The van der Waals surface area contributed by atoms with Crippen molar-refractivity contribution in [3.8, 4) is 5.88 Å². The molecule has 27 heavy (non-hydrogen) atoms. The Hall–Kier alpha value is -2.67. The Labute approximate surface area is 157 Å². The monoisotopic (exact) mass is 371 g/mol. The summed E-state index contributed by atoms with van der Waals surface area (Å²) in [6.45, 7) is 3.92. The zero-order valence-electron chi connectivity index (χ0n) is 15.0. The van der Waals surface area contributed by atoms with Gasteiger partial charge in [-0.25, -0.2) is 9.37 Å². The van der Waals surface area contributed by atoms with Crippen molar-refractivity contribution >= 4 is 11.6 Å². The number of anilines is 1. The highest BCUT2D eigenvalue weighted by Gasteiger charge is 2.23. The SMILES string of the molecule is O=C(c1ccnc(OC2CCOC2)c1)N1CCN(c2ccc(F)cc2)CC1. The molecular weight excluding hydrogens is 349 g/mol. The number of benzene rings is 1. The Morgan fingerprint density at radius 1 is 1.15 bits per heavy atom. The molecule has 0 radical (unpaired) electrons. The number of amides is 1. The summed E-state index contributed by atoms with van der Waals surface area (Å²) < 4.78 is 24.2. The molecule has 0 N–H and O–H groups in total. The van der Waals surface area contributed by atoms with Crippen molar-refractivity contribution in [1.29, 1.82) is 0 Å². The van der Waals surface area contributed by atoms with Crippen LogP contribution in [0.2, 0.25) is 0 Å². The second kappa shape index (κ2) is 7.92. The smallest absolute Gasteiger partial charge is 0.254 e. The number of halogens is 1. The third-order valence-electron chi connectivity index (χ3n) is 4.92. The van der Waals surface area contributed by atoms with E-state index in [1.54, 1.807) is 30.5 Å². The number of hydrogen-bond acceptors (Lipinski definition) is 5. The van der Waals surface area contributed by atoms with Crippen LogP contribution in [0.3, 0.4) is 0 Å². The molecule has 142 valence electrons. The molecule has 7 heteroatoms. The van der Waals surface area contributed by atoms with Gasteiger partial charge in [-0.2, -0.15) is 0 Å². The second-order valence-corrected chi connectivity index (χ2v) is 6.74. The molecule has 4 rings (SSSR count). The molecule has 1 unspecified atom stereocenters. The van der Waals surface area contributed by atoms with Crippen LogP contribution in [0.15, 0.2) is 42.6 Å². The topological polar surface area (TPSA) is 54.9 Å². The number of pyridine rings is 1. The molecule has 2 aromatic rings. The van der Waals surface area contributed by atoms with E-state index >= 15 is 0 Å². The van der Waals surface area contributed by atoms with Crippen molar-refractivity contribution in [2.45, 2.75) is 12.5 Å². The standard InChI is InChI=1S/C20H22FN3O3/c21-16-1-3-17(4-2-16)23-8-10-24(11-9-23)20(25)15-5-7-22-19(13-15)27-18-6-12-26-14-18/h1-5,7,13,18H,6,8-12,14H2. The number of carbonyl (C=O) groups excluding carboxylic acids is 1. The van der Waals surface area contributed by atoms with Gasteiger partial charge in [0, 0.05) is 56.1 Å². The van der Waals surface area contributed by atoms with E-state index in [2.05, 4.69) is 9.88 Å². The summed E-state index contributed by atoms with van der Waals surface area (Å²) in [6.07, 6.45) is 2.44. The Morgan fingerprint density at radius 2 is 1.93 bits per heavy atom. The maximum atomic E-state index is 13.1. The average Bonchev–Trinajstić information content (AvgIpc) is 3.21. The summed E-state index contributed by atoms with van der Waals surface area (Å²) >= 11 is 0. The van der Waals surface area contributed by atoms with Crippen LogP contribution in [0.25, 0.3) is 0 Å². The summed E-state index contributed by atoms with van der Waals surface area (Å²) in [7, 11) is 0. The Morgan fingerprint density at radius 3 is 2.63 bits per heavy atom. The van der Waals surface area contributed by atoms with Crippen molar-refractivity contribution in [1.82, 2.24) is 9.88 Å². The van der Waals surface area contributed by atoms with Crippen LogP contribution in [0, 0.1) is 5.82 Å². The highest BCUT2D eigenvalue weighted by molar-refractivity contribution is 5.94. The number of carbonyl (C=O) groups is 1. The van der Waals surface area contributed by atoms with E-state index in [4.69, 9.17) is 9.47 Å². The lowest BCUT2D eigenvalue weighted by Gasteiger charge is -2.36. The minimum atomic E-state index is -0.243. The van der Waals surface area contributed by atoms with Crippen LogP contribution in [0.1, 0.15) is 16.8 Å². The summed E-state index contributed by atoms with van der Waals surface area (Å²) in [5.41, 5.74) is 1.55. The first-order valence-electron chi connectivity index (χ1n) is 9.19. The van der Waals surface area contributed by atoms with Gasteiger partial charge < -0.3 is 19.3 Å². The van der Waals surface area contributed by atoms with E-state index in [0.29, 0.717) is 50.8 Å². The van der Waals surface area contributed by atoms with E-state index in [1.807, 2.05) is 4.90 Å². The minimum Gasteiger partial charge on any atom is -0.472 e. The van der Waals surface area contributed by atoms with Gasteiger partial charge >= 0.3 is 0 Å². The third kappa shape index (κ3) is 4.19. The first-order valence-corrected chi connectivity index (χ1v) is 9.19. The molecule has 3 heterocycles. The van der Waals surface area contributed by atoms with Crippen LogP contribution in [-0.4, -0.2) is 61.3 Å². The van der Waals surface area contributed by atoms with Gasteiger partial charge in [0.2, 0.25) is 5.88 Å². The summed E-state index contributed by atoms with van der Waals surface area (Å²) in [5.74, 6) is 0.192. The van der Waals surface area contributed by atoms with Gasteiger partial charge in [0.05, 0.1) is 13.2 Å². The molecule has 0 bridgehead atoms. The number of hydrogen-bond donors (Lipinski definition) is 0. The minimum absolute atomic E-state index is 0.00195. The van der Waals surface area contributed by atoms with Crippen molar-refractivity contribution in [2.24, 2.45) is 0 Å². The molecule has 0 saturated carbocycles. The zero-order valence-corrected chi connectivity index (χ0v) is 15.0. The molecule has 0 spiro atoms. The predicted molar refractivity (Wildman–Crippen MR) is 98.6 cm³/mol. The normalized spacial score (nSPS) is 20.0. The van der Waals surface area contributed by atoms with Crippen LogP contribution < -0.4 is 9.64 Å². The van der Waals surface area contributed by atoms with Crippen molar-refractivity contribution in [3.05, 3.63) is 54.0 Å². The highest BCUT2D eigenvalue weighted by Crippen LogP contribution is 2.20. The van der Waals surface area contributed by atoms with Crippen LogP contribution in [0.4, 0.5) is 10.1 Å². The molecule has 2 aliphatic heterocycles. The van der Waals surface area contributed by atoms with Crippen LogP contribution in [0.5, 0.6) is 5.88 Å². The summed E-state index contributed by atoms with van der Waals surface area (Å²) in [6, 6.07) is 9.87. The molecule has 2 fully saturated rings. The zero-order chi connectivity index (χ0) is 18.6. The molecule has 2 saturated heterocycles. The Balaban J connectivity index is 1.36. The van der Waals surface area contributed by atoms with Gasteiger partial charge in [0.25, 0.3) is 5.91 Å². The largest absolute Gasteiger partial charge is 0.472 e. The van der Waals surface area contributed by atoms with Gasteiger partial charge in [-0.15, -0.1) is 0 Å². The van der Waals surface area contributed by atoms with E-state index in [0.717, 1.165) is 12.1 Å². The number of ether oxygens (including phenoxy) is 2. The lowest BCUT2D eigenvalue weighted by Crippen LogP contribution is -2.48. The van der Waals surface area contributed by atoms with E-state index in [-0.39, 0.29) is 17.8 Å². The van der Waals surface area contributed by atoms with E-state index in [1.165, 1.54) is 12.1 Å². The fourth-order valence-corrected chi connectivity index (χ4v) is 3.39. The Bertz CT molecular complexity index is 785. The maximum absolute atomic E-state index is 13.1. The fourth-order valence-electron chi connectivity index (χ4n) is 3.39. The number of aromatic nitrogens is 1. The first kappa shape index (κ1) is 17.7. The Kier molecular flexibility index (Phi) is 5.20. The molecule has 1 aromatic heterocycles. The predicted octanol–water partition coefficient (Wildman–Crippen LogP) is 2.35. The van der Waals surface area contributed by atoms with Crippen LogP contribution >= 0.6 is 0 Å². The maximum Gasteiger partial charge on any atom is 0.254 e. The second-order valence-electron chi connectivity index (χ2n) is 6.74. The van der Waals surface area contributed by atoms with Crippen molar-refractivity contribution < 1.29 is 18.7 Å². The third-order valence-corrected chi connectivity index (χ3v) is 4.92. The lowest BCUT2D eigenvalue weighted by atomic mass is 10.2. The lowest BCUT2D eigenvalue weighted by molar-refractivity contribution is 0.0745. The molecule has 1 amide bonds. The molecule has 0 aliphatic carbocycles. The van der Waals surface area contributed by atoms with Crippen LogP contribution in [-0.2, 0) is 4.74 Å². The van der Waals surface area contributed by atoms with Gasteiger partial charge in [-0.1, -0.05) is 0 Å². The number of piperazine rings is 1.